The van der Waals surface area contributed by atoms with Gasteiger partial charge in [0.15, 0.2) is 0 Å². The lowest BCUT2D eigenvalue weighted by molar-refractivity contribution is 0.301. The lowest BCUT2D eigenvalue weighted by Gasteiger charge is -2.17. The van der Waals surface area contributed by atoms with Crippen LogP contribution in [-0.2, 0) is 11.4 Å². The van der Waals surface area contributed by atoms with E-state index in [2.05, 4.69) is 19.4 Å². The molecule has 0 fully saturated rings. The van der Waals surface area contributed by atoms with Crippen molar-refractivity contribution in [1.82, 2.24) is 4.98 Å². The topological polar surface area (TPSA) is 106 Å². The fraction of sp³-hybridized carbons (Fsp3) is 0.538. The summed E-state index contributed by atoms with van der Waals surface area (Å²) < 4.78 is 20.8. The van der Waals surface area contributed by atoms with Crippen LogP contribution in [0.5, 0.6) is 5.88 Å². The maximum atomic E-state index is 11.8. The zero-order valence-electron chi connectivity index (χ0n) is 12.4. The average Bonchev–Trinajstić information content (AvgIpc) is 2.44. The molecule has 0 N–H and O–H groups in total. The maximum Gasteiger partial charge on any atom is 0.213 e. The highest BCUT2D eigenvalue weighted by Gasteiger charge is 2.25. The molecular formula is C13H19N5O2S. The monoisotopic (exact) mass is 309 g/mol. The summed E-state index contributed by atoms with van der Waals surface area (Å²) in [5, 5.41) is 3.41. The number of nitrogens with zero attached hydrogens (tertiary/aromatic N) is 5. The fourth-order valence-corrected chi connectivity index (χ4v) is 1.71. The van der Waals surface area contributed by atoms with Crippen molar-refractivity contribution in [1.29, 1.82) is 0 Å². The van der Waals surface area contributed by atoms with Gasteiger partial charge in [-0.2, -0.15) is 0 Å². The normalized spacial score (nSPS) is 13.0. The van der Waals surface area contributed by atoms with Gasteiger partial charge in [0.2, 0.25) is 5.88 Å². The van der Waals surface area contributed by atoms with Gasteiger partial charge in [0, 0.05) is 29.3 Å². The summed E-state index contributed by atoms with van der Waals surface area (Å²) in [4.78, 5) is 6.78. The molecule has 1 heterocycles. The van der Waals surface area contributed by atoms with E-state index in [1.165, 1.54) is 0 Å². The minimum absolute atomic E-state index is 0.376. The van der Waals surface area contributed by atoms with Crippen molar-refractivity contribution in [3.8, 4) is 5.88 Å². The van der Waals surface area contributed by atoms with Crippen LogP contribution >= 0.6 is 0 Å². The molecule has 0 spiro atoms. The summed E-state index contributed by atoms with van der Waals surface area (Å²) in [5.41, 5.74) is 8.88. The van der Waals surface area contributed by atoms with Crippen LogP contribution in [0.2, 0.25) is 0 Å². The third kappa shape index (κ3) is 6.99. The van der Waals surface area contributed by atoms with Gasteiger partial charge in [-0.25, -0.2) is 4.98 Å². The highest BCUT2D eigenvalue weighted by atomic mass is 32.2. The van der Waals surface area contributed by atoms with E-state index in [4.69, 9.17) is 10.3 Å². The van der Waals surface area contributed by atoms with Crippen LogP contribution in [0.15, 0.2) is 27.8 Å². The third-order valence-electron chi connectivity index (χ3n) is 2.30. The molecule has 0 aliphatic heterocycles. The van der Waals surface area contributed by atoms with Gasteiger partial charge in [-0.1, -0.05) is 9.51 Å². The van der Waals surface area contributed by atoms with E-state index in [0.717, 1.165) is 5.56 Å². The molecule has 1 aromatic rings. The molecule has 114 valence electrons. The second-order valence-electron chi connectivity index (χ2n) is 5.18. The number of ether oxygens (including phenoxy) is 1. The standard InChI is InChI=1S/C13H19N5O2S/c1-13(2,3)21(19)17-10-11-5-6-12(15-9-11)20-8-4-7-16-18-14/h5-6,9-10H,4,7-8H2,1-3H3/b17-10+/t21-/m1/s1. The Morgan fingerprint density at radius 1 is 1.48 bits per heavy atom. The quantitative estimate of drug-likeness (QED) is 0.193. The molecule has 0 saturated carbocycles. The smallest absolute Gasteiger partial charge is 0.213 e. The SMILES string of the molecule is CC(C)(C)[S@@+]([O-])/N=C/c1ccc(OCCCN=[N+]=[N-])nc1. The summed E-state index contributed by atoms with van der Waals surface area (Å²) in [6, 6.07) is 3.51. The first-order valence-corrected chi connectivity index (χ1v) is 7.60. The van der Waals surface area contributed by atoms with Crippen molar-refractivity contribution in [2.75, 3.05) is 13.2 Å². The molecule has 0 amide bonds. The molecule has 0 unspecified atom stereocenters. The highest BCUT2D eigenvalue weighted by molar-refractivity contribution is 7.91. The first-order chi connectivity index (χ1) is 9.93. The molecule has 8 heteroatoms. The molecule has 7 nitrogen and oxygen atoms in total. The first kappa shape index (κ1) is 17.3. The summed E-state index contributed by atoms with van der Waals surface area (Å²) in [7, 11) is 0. The minimum Gasteiger partial charge on any atom is -0.591 e. The lowest BCUT2D eigenvalue weighted by Crippen LogP contribution is -2.25. The van der Waals surface area contributed by atoms with Crippen LogP contribution in [0.25, 0.3) is 10.4 Å². The van der Waals surface area contributed by atoms with E-state index >= 15 is 0 Å². The molecular weight excluding hydrogens is 290 g/mol. The Labute approximate surface area is 127 Å². The highest BCUT2D eigenvalue weighted by Crippen LogP contribution is 2.17. The van der Waals surface area contributed by atoms with E-state index in [1.807, 2.05) is 20.8 Å². The summed E-state index contributed by atoms with van der Waals surface area (Å²) in [5.74, 6) is 0.491. The second kappa shape index (κ2) is 8.51. The predicted molar refractivity (Wildman–Crippen MR) is 83.9 cm³/mol. The Hall–Kier alpha value is -1.76. The maximum absolute atomic E-state index is 11.8. The average molecular weight is 309 g/mol. The van der Waals surface area contributed by atoms with Crippen LogP contribution in [0, 0.1) is 0 Å². The van der Waals surface area contributed by atoms with Crippen LogP contribution < -0.4 is 4.74 Å². The van der Waals surface area contributed by atoms with Crippen LogP contribution in [0.4, 0.5) is 0 Å². The van der Waals surface area contributed by atoms with Gasteiger partial charge in [-0.05, 0) is 38.8 Å². The van der Waals surface area contributed by atoms with Gasteiger partial charge in [-0.3, -0.25) is 0 Å². The lowest BCUT2D eigenvalue weighted by atomic mass is 10.3. The molecule has 1 atom stereocenters. The Morgan fingerprint density at radius 2 is 2.24 bits per heavy atom. The molecule has 0 radical (unpaired) electrons. The Kier molecular flexibility index (Phi) is 7.01. The van der Waals surface area contributed by atoms with Crippen molar-refractivity contribution in [2.24, 2.45) is 9.51 Å². The van der Waals surface area contributed by atoms with Crippen molar-refractivity contribution >= 4 is 17.6 Å². The van der Waals surface area contributed by atoms with Crippen molar-refractivity contribution in [3.63, 3.8) is 0 Å². The third-order valence-corrected chi connectivity index (χ3v) is 3.64. The van der Waals surface area contributed by atoms with Crippen LogP contribution in [-0.4, -0.2) is 33.6 Å². The number of hydrogen-bond acceptors (Lipinski definition) is 5. The first-order valence-electron chi connectivity index (χ1n) is 6.49. The molecule has 0 aliphatic rings. The zero-order chi connectivity index (χ0) is 15.7. The largest absolute Gasteiger partial charge is 0.591 e. The number of aromatic nitrogens is 1. The Balaban J connectivity index is 2.47. The molecule has 0 aromatic carbocycles. The number of hydrogen-bond donors (Lipinski definition) is 0. The van der Waals surface area contributed by atoms with E-state index in [1.54, 1.807) is 24.5 Å². The minimum atomic E-state index is -1.28. The van der Waals surface area contributed by atoms with E-state index < -0.39 is 11.4 Å². The number of pyridine rings is 1. The molecule has 1 rings (SSSR count). The Morgan fingerprint density at radius 3 is 2.81 bits per heavy atom. The van der Waals surface area contributed by atoms with Gasteiger partial charge in [0.05, 0.1) is 12.8 Å². The Bertz CT molecular complexity index is 506. The van der Waals surface area contributed by atoms with E-state index in [-0.39, 0.29) is 4.75 Å². The van der Waals surface area contributed by atoms with Crippen molar-refractivity contribution in [2.45, 2.75) is 31.9 Å². The molecule has 0 bridgehead atoms. The predicted octanol–water partition coefficient (Wildman–Crippen LogP) is 3.04. The molecule has 0 aliphatic carbocycles. The van der Waals surface area contributed by atoms with Crippen molar-refractivity contribution in [3.05, 3.63) is 34.3 Å². The summed E-state index contributed by atoms with van der Waals surface area (Å²) in [6.45, 7) is 6.44. The fourth-order valence-electron chi connectivity index (χ4n) is 1.18. The summed E-state index contributed by atoms with van der Waals surface area (Å²) in [6.07, 6.45) is 3.78. The van der Waals surface area contributed by atoms with Crippen molar-refractivity contribution < 1.29 is 9.29 Å². The molecule has 21 heavy (non-hydrogen) atoms. The van der Waals surface area contributed by atoms with Gasteiger partial charge in [0.25, 0.3) is 0 Å². The van der Waals surface area contributed by atoms with Crippen LogP contribution in [0.1, 0.15) is 32.8 Å². The van der Waals surface area contributed by atoms with Gasteiger partial charge in [0.1, 0.15) is 16.1 Å². The van der Waals surface area contributed by atoms with Crippen LogP contribution in [0.3, 0.4) is 0 Å². The number of rotatable bonds is 7. The van der Waals surface area contributed by atoms with Gasteiger partial charge in [-0.15, -0.1) is 0 Å². The second-order valence-corrected chi connectivity index (χ2v) is 7.12. The zero-order valence-corrected chi connectivity index (χ0v) is 13.2. The van der Waals surface area contributed by atoms with Gasteiger partial charge < -0.3 is 9.29 Å². The van der Waals surface area contributed by atoms with E-state index in [9.17, 15) is 4.55 Å². The van der Waals surface area contributed by atoms with Gasteiger partial charge >= 0.3 is 0 Å². The van der Waals surface area contributed by atoms with E-state index in [0.29, 0.717) is 25.5 Å². The summed E-state index contributed by atoms with van der Waals surface area (Å²) >= 11 is -1.28. The molecule has 1 aromatic heterocycles. The number of azide groups is 1. The molecule has 0 saturated heterocycles.